The molecule has 1 heterocycles. The number of anilines is 1. The molecule has 0 saturated heterocycles. The zero-order chi connectivity index (χ0) is 22.3. The molecule has 1 N–H and O–H groups in total. The van der Waals surface area contributed by atoms with Crippen LogP contribution in [-0.4, -0.2) is 36.9 Å². The van der Waals surface area contributed by atoms with Crippen LogP contribution in [0.3, 0.4) is 0 Å². The molecule has 162 valence electrons. The van der Waals surface area contributed by atoms with E-state index in [4.69, 9.17) is 18.7 Å². The van der Waals surface area contributed by atoms with Crippen LogP contribution in [0.4, 0.5) is 5.69 Å². The Morgan fingerprint density at radius 2 is 1.50 bits per heavy atom. The first kappa shape index (κ1) is 20.9. The summed E-state index contributed by atoms with van der Waals surface area (Å²) in [6, 6.07) is 21.5. The Labute approximate surface area is 184 Å². The molecule has 0 atom stereocenters. The van der Waals surface area contributed by atoms with E-state index in [0.717, 1.165) is 11.3 Å². The molecule has 0 aliphatic rings. The molecule has 4 rings (SSSR count). The fourth-order valence-electron chi connectivity index (χ4n) is 2.98. The van der Waals surface area contributed by atoms with Gasteiger partial charge in [-0.1, -0.05) is 17.3 Å². The summed E-state index contributed by atoms with van der Waals surface area (Å²) in [5, 5.41) is 6.89. The number of aromatic nitrogens is 2. The average molecular weight is 431 g/mol. The number of hydrogen-bond donors (Lipinski definition) is 1. The van der Waals surface area contributed by atoms with E-state index in [1.54, 1.807) is 50.6 Å². The molecule has 0 unspecified atom stereocenters. The van der Waals surface area contributed by atoms with Crippen LogP contribution in [0.2, 0.25) is 0 Å². The molecule has 1 aromatic heterocycles. The zero-order valence-electron chi connectivity index (χ0n) is 17.6. The summed E-state index contributed by atoms with van der Waals surface area (Å²) < 4.78 is 21.3. The third-order valence-electron chi connectivity index (χ3n) is 4.64. The van der Waals surface area contributed by atoms with E-state index < -0.39 is 0 Å². The van der Waals surface area contributed by atoms with Gasteiger partial charge in [-0.25, -0.2) is 0 Å². The van der Waals surface area contributed by atoms with Crippen LogP contribution >= 0.6 is 0 Å². The lowest BCUT2D eigenvalue weighted by molar-refractivity contribution is -0.118. The van der Waals surface area contributed by atoms with Crippen molar-refractivity contribution in [1.82, 2.24) is 10.1 Å². The van der Waals surface area contributed by atoms with Gasteiger partial charge in [0.25, 0.3) is 11.8 Å². The monoisotopic (exact) mass is 431 g/mol. The van der Waals surface area contributed by atoms with Crippen LogP contribution in [0.5, 0.6) is 17.2 Å². The standard InChI is InChI=1S/C24H21N3O5/c1-29-17-9-7-16(8-10-17)23-26-24(32-27-23)20-5-3-4-6-21(20)25-22(28)15-31-19-13-11-18(30-2)12-14-19/h3-14H,15H2,1-2H3,(H,25,28). The van der Waals surface area contributed by atoms with Gasteiger partial charge in [0.15, 0.2) is 6.61 Å². The number of benzene rings is 3. The Kier molecular flexibility index (Phi) is 6.31. The lowest BCUT2D eigenvalue weighted by Gasteiger charge is -2.10. The minimum Gasteiger partial charge on any atom is -0.497 e. The molecule has 0 aliphatic carbocycles. The summed E-state index contributed by atoms with van der Waals surface area (Å²) in [4.78, 5) is 16.9. The van der Waals surface area contributed by atoms with Crippen molar-refractivity contribution in [3.63, 3.8) is 0 Å². The highest BCUT2D eigenvalue weighted by molar-refractivity contribution is 5.95. The maximum Gasteiger partial charge on any atom is 0.262 e. The fourth-order valence-corrected chi connectivity index (χ4v) is 2.98. The summed E-state index contributed by atoms with van der Waals surface area (Å²) >= 11 is 0. The van der Waals surface area contributed by atoms with Crippen LogP contribution in [0.1, 0.15) is 0 Å². The molecule has 0 fully saturated rings. The van der Waals surface area contributed by atoms with Gasteiger partial charge >= 0.3 is 0 Å². The predicted molar refractivity (Wildman–Crippen MR) is 119 cm³/mol. The SMILES string of the molecule is COc1ccc(OCC(=O)Nc2ccccc2-c2nc(-c3ccc(OC)cc3)no2)cc1. The van der Waals surface area contributed by atoms with Gasteiger partial charge in [0.05, 0.1) is 25.5 Å². The number of amides is 1. The van der Waals surface area contributed by atoms with E-state index in [1.165, 1.54) is 0 Å². The summed E-state index contributed by atoms with van der Waals surface area (Å²) in [7, 11) is 3.19. The van der Waals surface area contributed by atoms with Gasteiger partial charge in [0.1, 0.15) is 17.2 Å². The van der Waals surface area contributed by atoms with E-state index in [2.05, 4.69) is 15.5 Å². The van der Waals surface area contributed by atoms with Crippen LogP contribution in [0.25, 0.3) is 22.8 Å². The van der Waals surface area contributed by atoms with Crippen molar-refractivity contribution in [3.05, 3.63) is 72.8 Å². The third kappa shape index (κ3) is 4.86. The van der Waals surface area contributed by atoms with Gasteiger partial charge < -0.3 is 24.1 Å². The lowest BCUT2D eigenvalue weighted by atomic mass is 10.1. The number of nitrogens with one attached hydrogen (secondary N) is 1. The van der Waals surface area contributed by atoms with Gasteiger partial charge in [-0.15, -0.1) is 0 Å². The number of carbonyl (C=O) groups excluding carboxylic acids is 1. The third-order valence-corrected chi connectivity index (χ3v) is 4.64. The largest absolute Gasteiger partial charge is 0.497 e. The number of para-hydroxylation sites is 1. The lowest BCUT2D eigenvalue weighted by Crippen LogP contribution is -2.20. The van der Waals surface area contributed by atoms with Crippen molar-refractivity contribution in [2.75, 3.05) is 26.1 Å². The smallest absolute Gasteiger partial charge is 0.262 e. The van der Waals surface area contributed by atoms with Crippen LogP contribution in [0, 0.1) is 0 Å². The van der Waals surface area contributed by atoms with Crippen LogP contribution in [-0.2, 0) is 4.79 Å². The Balaban J connectivity index is 1.45. The van der Waals surface area contributed by atoms with Crippen molar-refractivity contribution in [2.45, 2.75) is 0 Å². The van der Waals surface area contributed by atoms with E-state index in [0.29, 0.717) is 34.5 Å². The number of carbonyl (C=O) groups is 1. The quantitative estimate of drug-likeness (QED) is 0.441. The highest BCUT2D eigenvalue weighted by atomic mass is 16.5. The second-order valence-corrected chi connectivity index (χ2v) is 6.71. The number of rotatable bonds is 8. The molecule has 0 radical (unpaired) electrons. The summed E-state index contributed by atoms with van der Waals surface area (Å²) in [5.74, 6) is 2.43. The molecule has 4 aromatic rings. The number of ether oxygens (including phenoxy) is 3. The highest BCUT2D eigenvalue weighted by Gasteiger charge is 2.16. The molecule has 8 nitrogen and oxygen atoms in total. The summed E-state index contributed by atoms with van der Waals surface area (Å²) in [6.07, 6.45) is 0. The van der Waals surface area contributed by atoms with Crippen molar-refractivity contribution >= 4 is 11.6 Å². The molecule has 0 aliphatic heterocycles. The second kappa shape index (κ2) is 9.65. The maximum absolute atomic E-state index is 12.4. The molecule has 0 bridgehead atoms. The van der Waals surface area contributed by atoms with Gasteiger partial charge in [-0.2, -0.15) is 4.98 Å². The zero-order valence-corrected chi connectivity index (χ0v) is 17.6. The van der Waals surface area contributed by atoms with Gasteiger partial charge in [-0.3, -0.25) is 4.79 Å². The molecular formula is C24H21N3O5. The molecular weight excluding hydrogens is 410 g/mol. The normalized spacial score (nSPS) is 10.4. The topological polar surface area (TPSA) is 95.7 Å². The highest BCUT2D eigenvalue weighted by Crippen LogP contribution is 2.29. The first-order valence-corrected chi connectivity index (χ1v) is 9.80. The maximum atomic E-state index is 12.4. The van der Waals surface area contributed by atoms with Crippen LogP contribution < -0.4 is 19.5 Å². The summed E-state index contributed by atoms with van der Waals surface area (Å²) in [6.45, 7) is -0.151. The van der Waals surface area contributed by atoms with E-state index in [-0.39, 0.29) is 12.5 Å². The van der Waals surface area contributed by atoms with Gasteiger partial charge in [-0.05, 0) is 60.7 Å². The van der Waals surface area contributed by atoms with Crippen molar-refractivity contribution < 1.29 is 23.5 Å². The Morgan fingerprint density at radius 1 is 0.875 bits per heavy atom. The molecule has 1 amide bonds. The number of nitrogens with zero attached hydrogens (tertiary/aromatic N) is 2. The van der Waals surface area contributed by atoms with Crippen molar-refractivity contribution in [3.8, 4) is 40.1 Å². The molecule has 0 spiro atoms. The molecule has 8 heteroatoms. The molecule has 3 aromatic carbocycles. The average Bonchev–Trinajstić information content (AvgIpc) is 3.33. The van der Waals surface area contributed by atoms with E-state index in [9.17, 15) is 4.79 Å². The van der Waals surface area contributed by atoms with Gasteiger partial charge in [0, 0.05) is 5.56 Å². The second-order valence-electron chi connectivity index (χ2n) is 6.71. The first-order chi connectivity index (χ1) is 15.7. The Hall–Kier alpha value is -4.33. The van der Waals surface area contributed by atoms with Gasteiger partial charge in [0.2, 0.25) is 5.82 Å². The Morgan fingerprint density at radius 3 is 2.19 bits per heavy atom. The van der Waals surface area contributed by atoms with Crippen molar-refractivity contribution in [2.24, 2.45) is 0 Å². The van der Waals surface area contributed by atoms with E-state index >= 15 is 0 Å². The Bertz CT molecular complexity index is 1190. The van der Waals surface area contributed by atoms with Crippen molar-refractivity contribution in [1.29, 1.82) is 0 Å². The minimum absolute atomic E-state index is 0.151. The van der Waals surface area contributed by atoms with Crippen LogP contribution in [0.15, 0.2) is 77.3 Å². The first-order valence-electron chi connectivity index (χ1n) is 9.80. The number of methoxy groups -OCH3 is 2. The van der Waals surface area contributed by atoms with E-state index in [1.807, 2.05) is 36.4 Å². The molecule has 0 saturated carbocycles. The minimum atomic E-state index is -0.317. The molecule has 32 heavy (non-hydrogen) atoms. The predicted octanol–water partition coefficient (Wildman–Crippen LogP) is 4.44. The summed E-state index contributed by atoms with van der Waals surface area (Å²) in [5.41, 5.74) is 1.94. The number of hydrogen-bond acceptors (Lipinski definition) is 7. The fraction of sp³-hybridized carbons (Fsp3) is 0.125.